The maximum atomic E-state index is 13.1. The predicted octanol–water partition coefficient (Wildman–Crippen LogP) is 1.63. The van der Waals surface area contributed by atoms with E-state index < -0.39 is 29.1 Å². The fourth-order valence-corrected chi connectivity index (χ4v) is 1.17. The van der Waals surface area contributed by atoms with Crippen LogP contribution in [0.2, 0.25) is 0 Å². The molecule has 0 fully saturated rings. The lowest BCUT2D eigenvalue weighted by atomic mass is 9.90. The molecule has 3 N–H and O–H groups in total. The number of alkyl halides is 3. The molecule has 0 spiro atoms. The minimum absolute atomic E-state index is 0.691. The first kappa shape index (κ1) is 12.4. The number of carboxylic acid groups (broad SMARTS) is 1. The lowest BCUT2D eigenvalue weighted by Crippen LogP contribution is -2.57. The zero-order valence-electron chi connectivity index (χ0n) is 7.75. The lowest BCUT2D eigenvalue weighted by molar-refractivity contribution is -0.205. The van der Waals surface area contributed by atoms with Crippen molar-refractivity contribution in [2.24, 2.45) is 5.73 Å². The summed E-state index contributed by atoms with van der Waals surface area (Å²) in [5, 5.41) is 8.53. The summed E-state index contributed by atoms with van der Waals surface area (Å²) in [5.74, 6) is -3.67. The molecule has 88 valence electrons. The minimum atomic E-state index is -5.29. The van der Waals surface area contributed by atoms with E-state index in [0.29, 0.717) is 12.1 Å². The Morgan fingerprint density at radius 1 is 1.25 bits per heavy atom. The van der Waals surface area contributed by atoms with Crippen LogP contribution in [0.3, 0.4) is 0 Å². The van der Waals surface area contributed by atoms with Crippen molar-refractivity contribution in [1.29, 1.82) is 0 Å². The molecule has 0 heterocycles. The first-order valence-electron chi connectivity index (χ1n) is 4.05. The van der Waals surface area contributed by atoms with Crippen molar-refractivity contribution < 1.29 is 27.5 Å². The van der Waals surface area contributed by atoms with Gasteiger partial charge in [0.25, 0.3) is 0 Å². The Hall–Kier alpha value is -1.63. The van der Waals surface area contributed by atoms with Gasteiger partial charge in [-0.3, -0.25) is 0 Å². The van der Waals surface area contributed by atoms with Crippen molar-refractivity contribution in [3.8, 4) is 0 Å². The van der Waals surface area contributed by atoms with E-state index in [2.05, 4.69) is 0 Å². The highest BCUT2D eigenvalue weighted by Gasteiger charge is 2.60. The van der Waals surface area contributed by atoms with Gasteiger partial charge in [0.05, 0.1) is 0 Å². The smallest absolute Gasteiger partial charge is 0.421 e. The Bertz CT molecular complexity index is 418. The molecular formula is C9H7F4NO2. The highest BCUT2D eigenvalue weighted by Crippen LogP contribution is 2.38. The maximum Gasteiger partial charge on any atom is 0.421 e. The fraction of sp³-hybridized carbons (Fsp3) is 0.222. The fourth-order valence-electron chi connectivity index (χ4n) is 1.17. The third kappa shape index (κ3) is 1.73. The molecule has 0 aliphatic rings. The van der Waals surface area contributed by atoms with Crippen LogP contribution in [0.25, 0.3) is 0 Å². The summed E-state index contributed by atoms with van der Waals surface area (Å²) in [6, 6.07) is 3.62. The molecule has 1 aromatic rings. The van der Waals surface area contributed by atoms with Crippen LogP contribution >= 0.6 is 0 Å². The van der Waals surface area contributed by atoms with Crippen molar-refractivity contribution in [1.82, 2.24) is 0 Å². The van der Waals surface area contributed by atoms with Gasteiger partial charge in [0.15, 0.2) is 0 Å². The van der Waals surface area contributed by atoms with E-state index in [1.54, 1.807) is 0 Å². The second-order valence-corrected chi connectivity index (χ2v) is 3.09. The number of halogens is 4. The molecule has 0 bridgehead atoms. The van der Waals surface area contributed by atoms with Crippen molar-refractivity contribution in [3.05, 3.63) is 35.6 Å². The van der Waals surface area contributed by atoms with E-state index in [4.69, 9.17) is 10.8 Å². The normalized spacial score (nSPS) is 15.6. The maximum absolute atomic E-state index is 13.1. The van der Waals surface area contributed by atoms with Gasteiger partial charge >= 0.3 is 12.1 Å². The van der Waals surface area contributed by atoms with Gasteiger partial charge < -0.3 is 10.8 Å². The number of hydrogen-bond acceptors (Lipinski definition) is 2. The Balaban J connectivity index is 3.46. The summed E-state index contributed by atoms with van der Waals surface area (Å²) >= 11 is 0. The summed E-state index contributed by atoms with van der Waals surface area (Å²) in [6.07, 6.45) is -5.29. The molecule has 0 radical (unpaired) electrons. The van der Waals surface area contributed by atoms with Crippen LogP contribution in [-0.4, -0.2) is 17.3 Å². The Labute approximate surface area is 87.5 Å². The summed E-state index contributed by atoms with van der Waals surface area (Å²) in [5.41, 5.74) is -0.0780. The lowest BCUT2D eigenvalue weighted by Gasteiger charge is -2.27. The van der Waals surface area contributed by atoms with Crippen molar-refractivity contribution >= 4 is 5.97 Å². The third-order valence-electron chi connectivity index (χ3n) is 2.08. The Morgan fingerprint density at radius 3 is 2.12 bits per heavy atom. The largest absolute Gasteiger partial charge is 0.479 e. The molecule has 1 aromatic carbocycles. The third-order valence-corrected chi connectivity index (χ3v) is 2.08. The number of rotatable bonds is 2. The van der Waals surface area contributed by atoms with E-state index in [0.717, 1.165) is 12.1 Å². The molecular weight excluding hydrogens is 230 g/mol. The average molecular weight is 237 g/mol. The number of aliphatic carboxylic acids is 1. The topological polar surface area (TPSA) is 63.3 Å². The van der Waals surface area contributed by atoms with Crippen LogP contribution in [0.5, 0.6) is 0 Å². The Kier molecular flexibility index (Phi) is 2.91. The average Bonchev–Trinajstić information content (AvgIpc) is 2.15. The minimum Gasteiger partial charge on any atom is -0.479 e. The van der Waals surface area contributed by atoms with Gasteiger partial charge in [-0.25, -0.2) is 9.18 Å². The van der Waals surface area contributed by atoms with E-state index in [9.17, 15) is 22.4 Å². The number of carbonyl (C=O) groups is 1. The molecule has 7 heteroatoms. The van der Waals surface area contributed by atoms with Crippen LogP contribution in [0.1, 0.15) is 5.56 Å². The van der Waals surface area contributed by atoms with E-state index >= 15 is 0 Å². The first-order valence-corrected chi connectivity index (χ1v) is 4.05. The second kappa shape index (κ2) is 3.75. The van der Waals surface area contributed by atoms with Gasteiger partial charge in [0.1, 0.15) is 5.82 Å². The molecule has 1 atom stereocenters. The summed E-state index contributed by atoms with van der Waals surface area (Å²) in [7, 11) is 0. The second-order valence-electron chi connectivity index (χ2n) is 3.09. The molecule has 3 nitrogen and oxygen atoms in total. The van der Waals surface area contributed by atoms with Crippen molar-refractivity contribution in [2.45, 2.75) is 11.7 Å². The monoisotopic (exact) mass is 237 g/mol. The molecule has 0 aliphatic heterocycles. The number of hydrogen-bond donors (Lipinski definition) is 2. The zero-order chi connectivity index (χ0) is 12.6. The van der Waals surface area contributed by atoms with Gasteiger partial charge in [-0.05, 0) is 6.07 Å². The van der Waals surface area contributed by atoms with Gasteiger partial charge in [0, 0.05) is 5.56 Å². The van der Waals surface area contributed by atoms with Gasteiger partial charge in [-0.15, -0.1) is 0 Å². The number of carboxylic acids is 1. The summed E-state index contributed by atoms with van der Waals surface area (Å²) in [4.78, 5) is 10.6. The van der Waals surface area contributed by atoms with Gasteiger partial charge in [0.2, 0.25) is 5.54 Å². The van der Waals surface area contributed by atoms with Crippen LogP contribution in [0.15, 0.2) is 24.3 Å². The predicted molar refractivity (Wildman–Crippen MR) is 46.0 cm³/mol. The summed E-state index contributed by atoms with van der Waals surface area (Å²) in [6.45, 7) is 0. The van der Waals surface area contributed by atoms with E-state index in [-0.39, 0.29) is 0 Å². The number of benzene rings is 1. The van der Waals surface area contributed by atoms with Crippen LogP contribution in [0.4, 0.5) is 17.6 Å². The van der Waals surface area contributed by atoms with Crippen LogP contribution in [0, 0.1) is 5.82 Å². The molecule has 1 unspecified atom stereocenters. The highest BCUT2D eigenvalue weighted by molar-refractivity contribution is 5.81. The van der Waals surface area contributed by atoms with Crippen molar-refractivity contribution in [2.75, 3.05) is 0 Å². The molecule has 0 aromatic heterocycles. The SMILES string of the molecule is NC(C(=O)O)(c1ccccc1F)C(F)(F)F. The van der Waals surface area contributed by atoms with E-state index in [1.807, 2.05) is 0 Å². The number of nitrogens with two attached hydrogens (primary N) is 1. The quantitative estimate of drug-likeness (QED) is 0.768. The first-order chi connectivity index (χ1) is 7.21. The summed E-state index contributed by atoms with van der Waals surface area (Å²) < 4.78 is 50.8. The van der Waals surface area contributed by atoms with Crippen LogP contribution in [-0.2, 0) is 10.3 Å². The van der Waals surface area contributed by atoms with Crippen LogP contribution < -0.4 is 5.73 Å². The molecule has 0 aliphatic carbocycles. The van der Waals surface area contributed by atoms with Gasteiger partial charge in [-0.1, -0.05) is 18.2 Å². The molecule has 1 rings (SSSR count). The molecule has 0 saturated carbocycles. The molecule has 0 amide bonds. The van der Waals surface area contributed by atoms with E-state index in [1.165, 1.54) is 0 Å². The molecule has 0 saturated heterocycles. The Morgan fingerprint density at radius 2 is 1.75 bits per heavy atom. The standard InChI is InChI=1S/C9H7F4NO2/c10-6-4-2-1-3-5(6)8(14,7(15)16)9(11,12)13/h1-4H,14H2,(H,15,16). The molecule has 16 heavy (non-hydrogen) atoms. The van der Waals surface area contributed by atoms with Gasteiger partial charge in [-0.2, -0.15) is 13.2 Å². The zero-order valence-corrected chi connectivity index (χ0v) is 7.75. The highest BCUT2D eigenvalue weighted by atomic mass is 19.4. The van der Waals surface area contributed by atoms with Crippen molar-refractivity contribution in [3.63, 3.8) is 0 Å².